The lowest BCUT2D eigenvalue weighted by molar-refractivity contribution is 0.464. The third-order valence-corrected chi connectivity index (χ3v) is 1.48. The van der Waals surface area contributed by atoms with Crippen molar-refractivity contribution in [2.24, 2.45) is 0 Å². The number of aliphatic hydroxyl groups excluding tert-OH is 1. The summed E-state index contributed by atoms with van der Waals surface area (Å²) in [6.07, 6.45) is 3.08. The molecule has 0 aromatic rings. The molecule has 2 heteroatoms. The molecule has 0 aromatic heterocycles. The molecular weight excluding hydrogens is 114 g/mol. The first-order chi connectivity index (χ1) is 4.24. The van der Waals surface area contributed by atoms with Crippen molar-refractivity contribution in [3.8, 4) is 0 Å². The van der Waals surface area contributed by atoms with Crippen molar-refractivity contribution in [3.63, 3.8) is 0 Å². The van der Waals surface area contributed by atoms with Gasteiger partial charge in [0, 0.05) is 11.3 Å². The Bertz CT molecular complexity index is 170. The summed E-state index contributed by atoms with van der Waals surface area (Å²) in [5.41, 5.74) is 2.07. The van der Waals surface area contributed by atoms with Gasteiger partial charge in [0.1, 0.15) is 0 Å². The van der Waals surface area contributed by atoms with Crippen LogP contribution in [0, 0.1) is 0 Å². The van der Waals surface area contributed by atoms with E-state index in [1.165, 1.54) is 0 Å². The van der Waals surface area contributed by atoms with Crippen LogP contribution in [-0.4, -0.2) is 11.1 Å². The lowest BCUT2D eigenvalue weighted by Gasteiger charge is -2.04. The fourth-order valence-corrected chi connectivity index (χ4v) is 0.991. The first kappa shape index (κ1) is 6.20. The zero-order valence-corrected chi connectivity index (χ0v) is 5.68. The molecule has 2 nitrogen and oxygen atoms in total. The van der Waals surface area contributed by atoms with Crippen molar-refractivity contribution >= 4 is 0 Å². The van der Waals surface area contributed by atoms with E-state index >= 15 is 0 Å². The van der Waals surface area contributed by atoms with Gasteiger partial charge < -0.3 is 10.4 Å². The Morgan fingerprint density at radius 1 is 1.78 bits per heavy atom. The van der Waals surface area contributed by atoms with Gasteiger partial charge in [-0.2, -0.15) is 0 Å². The van der Waals surface area contributed by atoms with Gasteiger partial charge in [0.05, 0.1) is 12.3 Å². The molecule has 50 valence electrons. The van der Waals surface area contributed by atoms with Gasteiger partial charge in [-0.3, -0.25) is 0 Å². The molecule has 1 rings (SSSR count). The third kappa shape index (κ3) is 1.07. The number of allylic oxidation sites excluding steroid dienone is 1. The van der Waals surface area contributed by atoms with E-state index in [1.807, 2.05) is 19.9 Å². The lowest BCUT2D eigenvalue weighted by atomic mass is 10.2. The molecule has 0 saturated heterocycles. The first-order valence-electron chi connectivity index (χ1n) is 3.03. The van der Waals surface area contributed by atoms with Crippen molar-refractivity contribution in [3.05, 3.63) is 23.6 Å². The smallest absolute Gasteiger partial charge is 0.0844 e. The highest BCUT2D eigenvalue weighted by Gasteiger charge is 2.12. The summed E-state index contributed by atoms with van der Waals surface area (Å²) in [6, 6.07) is 0.273. The van der Waals surface area contributed by atoms with Crippen LogP contribution in [0.3, 0.4) is 0 Å². The van der Waals surface area contributed by atoms with Crippen LogP contribution in [0.25, 0.3) is 0 Å². The average molecular weight is 125 g/mol. The summed E-state index contributed by atoms with van der Waals surface area (Å²) in [4.78, 5) is 0. The van der Waals surface area contributed by atoms with Gasteiger partial charge >= 0.3 is 0 Å². The zero-order valence-electron chi connectivity index (χ0n) is 5.68. The van der Waals surface area contributed by atoms with Gasteiger partial charge in [0.25, 0.3) is 0 Å². The highest BCUT2D eigenvalue weighted by Crippen LogP contribution is 2.13. The van der Waals surface area contributed by atoms with Gasteiger partial charge in [0.2, 0.25) is 0 Å². The van der Waals surface area contributed by atoms with Crippen LogP contribution in [0.5, 0.6) is 0 Å². The highest BCUT2D eigenvalue weighted by atomic mass is 16.2. The molecule has 1 heterocycles. The summed E-state index contributed by atoms with van der Waals surface area (Å²) in [5.74, 6) is 0. The maximum Gasteiger partial charge on any atom is 0.0844 e. The molecule has 0 amide bonds. The number of aliphatic hydroxyl groups is 1. The van der Waals surface area contributed by atoms with Crippen LogP contribution in [0.1, 0.15) is 13.8 Å². The molecule has 1 aliphatic heterocycles. The van der Waals surface area contributed by atoms with Crippen molar-refractivity contribution in [2.75, 3.05) is 0 Å². The Morgan fingerprint density at radius 3 is 2.67 bits per heavy atom. The summed E-state index contributed by atoms with van der Waals surface area (Å²) in [5, 5.41) is 11.8. The maximum atomic E-state index is 8.61. The Labute approximate surface area is 54.9 Å². The Morgan fingerprint density at radius 2 is 2.44 bits per heavy atom. The minimum absolute atomic E-state index is 0.273. The van der Waals surface area contributed by atoms with Gasteiger partial charge in [-0.1, -0.05) is 0 Å². The molecule has 2 N–H and O–H groups in total. The Balaban J connectivity index is 2.76. The second-order valence-corrected chi connectivity index (χ2v) is 2.32. The van der Waals surface area contributed by atoms with Crippen LogP contribution in [0.15, 0.2) is 23.6 Å². The monoisotopic (exact) mass is 125 g/mol. The van der Waals surface area contributed by atoms with Crippen molar-refractivity contribution in [1.29, 1.82) is 0 Å². The maximum absolute atomic E-state index is 8.61. The molecule has 1 unspecified atom stereocenters. The predicted molar refractivity (Wildman–Crippen MR) is 37.1 cm³/mol. The van der Waals surface area contributed by atoms with Crippen LogP contribution in [0.4, 0.5) is 0 Å². The van der Waals surface area contributed by atoms with E-state index in [9.17, 15) is 0 Å². The Kier molecular flexibility index (Phi) is 1.47. The van der Waals surface area contributed by atoms with E-state index < -0.39 is 0 Å². The highest BCUT2D eigenvalue weighted by molar-refractivity contribution is 5.31. The largest absolute Gasteiger partial charge is 0.515 e. The lowest BCUT2D eigenvalue weighted by Crippen LogP contribution is -2.18. The van der Waals surface area contributed by atoms with E-state index in [0.29, 0.717) is 0 Å². The fraction of sp³-hybridized carbons (Fsp3) is 0.429. The molecule has 0 fully saturated rings. The van der Waals surface area contributed by atoms with Crippen LogP contribution in [-0.2, 0) is 0 Å². The number of rotatable bonds is 0. The van der Waals surface area contributed by atoms with Gasteiger partial charge in [0.15, 0.2) is 0 Å². The molecule has 9 heavy (non-hydrogen) atoms. The normalized spacial score (nSPS) is 30.2. The van der Waals surface area contributed by atoms with Gasteiger partial charge in [-0.25, -0.2) is 0 Å². The number of hydrogen-bond donors (Lipinski definition) is 2. The third-order valence-electron chi connectivity index (χ3n) is 1.48. The SMILES string of the molecule is CC1=CC(=CO)C(C)N1. The average Bonchev–Trinajstić information content (AvgIpc) is 2.10. The summed E-state index contributed by atoms with van der Waals surface area (Å²) in [7, 11) is 0. The second-order valence-electron chi connectivity index (χ2n) is 2.32. The first-order valence-corrected chi connectivity index (χ1v) is 3.03. The summed E-state index contributed by atoms with van der Waals surface area (Å²) >= 11 is 0. The predicted octanol–water partition coefficient (Wildman–Crippen LogP) is 1.32. The minimum Gasteiger partial charge on any atom is -0.515 e. The molecule has 0 bridgehead atoms. The number of hydrogen-bond acceptors (Lipinski definition) is 2. The van der Waals surface area contributed by atoms with E-state index in [4.69, 9.17) is 5.11 Å². The van der Waals surface area contributed by atoms with E-state index in [0.717, 1.165) is 17.5 Å². The second kappa shape index (κ2) is 2.13. The van der Waals surface area contributed by atoms with Crippen molar-refractivity contribution < 1.29 is 5.11 Å². The quantitative estimate of drug-likeness (QED) is 0.478. The molecule has 0 saturated carbocycles. The topological polar surface area (TPSA) is 32.3 Å². The van der Waals surface area contributed by atoms with Crippen molar-refractivity contribution in [2.45, 2.75) is 19.9 Å². The standard InChI is InChI=1S/C7H11NO/c1-5-3-7(4-9)6(2)8-5/h3-4,6,8-9H,1-2H3. The molecule has 1 atom stereocenters. The van der Waals surface area contributed by atoms with Crippen molar-refractivity contribution in [1.82, 2.24) is 5.32 Å². The van der Waals surface area contributed by atoms with Crippen LogP contribution in [0.2, 0.25) is 0 Å². The summed E-state index contributed by atoms with van der Waals surface area (Å²) in [6.45, 7) is 3.99. The van der Waals surface area contributed by atoms with Crippen LogP contribution < -0.4 is 5.32 Å². The number of nitrogens with one attached hydrogen (secondary N) is 1. The molecule has 0 aliphatic carbocycles. The zero-order chi connectivity index (χ0) is 6.85. The Hall–Kier alpha value is -0.920. The summed E-state index contributed by atoms with van der Waals surface area (Å²) < 4.78 is 0. The van der Waals surface area contributed by atoms with E-state index in [1.54, 1.807) is 0 Å². The van der Waals surface area contributed by atoms with Crippen LogP contribution >= 0.6 is 0 Å². The van der Waals surface area contributed by atoms with Gasteiger partial charge in [-0.05, 0) is 19.9 Å². The fourth-order valence-electron chi connectivity index (χ4n) is 0.991. The molecule has 0 spiro atoms. The van der Waals surface area contributed by atoms with E-state index in [2.05, 4.69) is 5.32 Å². The van der Waals surface area contributed by atoms with Gasteiger partial charge in [-0.15, -0.1) is 0 Å². The molecular formula is C7H11NO. The minimum atomic E-state index is 0.273. The van der Waals surface area contributed by atoms with E-state index in [-0.39, 0.29) is 6.04 Å². The molecule has 0 aromatic carbocycles. The molecule has 1 aliphatic rings. The molecule has 0 radical (unpaired) electrons.